The van der Waals surface area contributed by atoms with Crippen LogP contribution in [0.2, 0.25) is 0 Å². The molecule has 1 amide bonds. The molecule has 0 unspecified atom stereocenters. The molecule has 0 saturated carbocycles. The molecule has 5 rings (SSSR count). The highest BCUT2D eigenvalue weighted by atomic mass is 16.3. The molecule has 5 heterocycles. The lowest BCUT2D eigenvalue weighted by atomic mass is 10.1. The molecule has 0 aromatic carbocycles. The molecule has 0 aliphatic carbocycles. The number of nitrogens with two attached hydrogens (primary N) is 1. The zero-order chi connectivity index (χ0) is 22.9. The number of amides is 1. The summed E-state index contributed by atoms with van der Waals surface area (Å²) in [6.45, 7) is 4.24. The van der Waals surface area contributed by atoms with Crippen LogP contribution in [-0.4, -0.2) is 51.3 Å². The molecule has 0 aliphatic heterocycles. The minimum absolute atomic E-state index is 0.00759. The van der Waals surface area contributed by atoms with Gasteiger partial charge in [0, 0.05) is 35.9 Å². The van der Waals surface area contributed by atoms with Crippen molar-refractivity contribution in [1.82, 2.24) is 44.6 Å². The van der Waals surface area contributed by atoms with E-state index in [4.69, 9.17) is 10.2 Å². The van der Waals surface area contributed by atoms with Crippen molar-refractivity contribution in [1.29, 1.82) is 0 Å². The van der Waals surface area contributed by atoms with E-state index >= 15 is 0 Å². The fourth-order valence-corrected chi connectivity index (χ4v) is 3.50. The number of aryl methyl sites for hydroxylation is 1. The number of rotatable bonds is 6. The van der Waals surface area contributed by atoms with Crippen LogP contribution < -0.4 is 11.1 Å². The first kappa shape index (κ1) is 20.3. The Labute approximate surface area is 187 Å². The van der Waals surface area contributed by atoms with Crippen molar-refractivity contribution in [2.75, 3.05) is 5.73 Å². The first-order chi connectivity index (χ1) is 16.0. The number of fused-ring (bicyclic) bond motifs is 1. The predicted octanol–water partition coefficient (Wildman–Crippen LogP) is 1.75. The highest BCUT2D eigenvalue weighted by molar-refractivity contribution is 5.98. The van der Waals surface area contributed by atoms with Crippen molar-refractivity contribution in [3.63, 3.8) is 0 Å². The van der Waals surface area contributed by atoms with Gasteiger partial charge in [-0.1, -0.05) is 5.21 Å². The number of anilines is 1. The van der Waals surface area contributed by atoms with Gasteiger partial charge in [0.25, 0.3) is 5.91 Å². The molecule has 0 radical (unpaired) electrons. The largest absolute Gasteiger partial charge is 0.443 e. The number of hydrogen-bond donors (Lipinski definition) is 2. The van der Waals surface area contributed by atoms with Crippen LogP contribution in [0.25, 0.3) is 28.5 Å². The third-order valence-corrected chi connectivity index (χ3v) is 5.05. The second-order valence-electron chi connectivity index (χ2n) is 7.54. The summed E-state index contributed by atoms with van der Waals surface area (Å²) in [6, 6.07) is 3.46. The summed E-state index contributed by atoms with van der Waals surface area (Å²) >= 11 is 0. The van der Waals surface area contributed by atoms with Gasteiger partial charge in [-0.25, -0.2) is 19.9 Å². The third-order valence-electron chi connectivity index (χ3n) is 5.05. The lowest BCUT2D eigenvalue weighted by molar-refractivity contribution is 0.0931. The van der Waals surface area contributed by atoms with E-state index in [1.807, 2.05) is 36.6 Å². The van der Waals surface area contributed by atoms with E-state index in [-0.39, 0.29) is 23.4 Å². The summed E-state index contributed by atoms with van der Waals surface area (Å²) in [5.74, 6) is -0.233. The van der Waals surface area contributed by atoms with Gasteiger partial charge >= 0.3 is 0 Å². The SMILES string of the molecule is Cc1cnc2ccc(-c3nc(C(=O)N[C@H](C)Cn4ccnn4)c(N)nc3-c3ncco3)cn12. The van der Waals surface area contributed by atoms with Crippen LogP contribution in [-0.2, 0) is 6.54 Å². The number of nitrogens with one attached hydrogen (secondary N) is 1. The van der Waals surface area contributed by atoms with Crippen LogP contribution in [0.1, 0.15) is 23.1 Å². The van der Waals surface area contributed by atoms with E-state index in [0.29, 0.717) is 23.5 Å². The molecule has 0 spiro atoms. The maximum absolute atomic E-state index is 13.0. The Balaban J connectivity index is 1.55. The van der Waals surface area contributed by atoms with E-state index in [1.54, 1.807) is 23.3 Å². The fourth-order valence-electron chi connectivity index (χ4n) is 3.50. The zero-order valence-electron chi connectivity index (χ0n) is 17.9. The number of nitrogens with zero attached hydrogens (tertiary/aromatic N) is 8. The summed E-state index contributed by atoms with van der Waals surface area (Å²) in [4.78, 5) is 30.6. The summed E-state index contributed by atoms with van der Waals surface area (Å²) in [5.41, 5.74) is 9.34. The summed E-state index contributed by atoms with van der Waals surface area (Å²) in [5, 5.41) is 10.6. The molecule has 3 N–H and O–H groups in total. The maximum atomic E-state index is 13.0. The van der Waals surface area contributed by atoms with E-state index in [0.717, 1.165) is 11.3 Å². The number of hydrogen-bond acceptors (Lipinski definition) is 9. The number of nitrogen functional groups attached to an aromatic ring is 1. The molecule has 0 bridgehead atoms. The number of oxazole rings is 1. The van der Waals surface area contributed by atoms with Crippen LogP contribution >= 0.6 is 0 Å². The average Bonchev–Trinajstić information content (AvgIpc) is 3.56. The lowest BCUT2D eigenvalue weighted by Crippen LogP contribution is -2.37. The molecule has 0 aliphatic rings. The quantitative estimate of drug-likeness (QED) is 0.398. The number of carbonyl (C=O) groups excluding carboxylic acids is 1. The molecule has 5 aromatic heterocycles. The summed E-state index contributed by atoms with van der Waals surface area (Å²) in [7, 11) is 0. The number of imidazole rings is 1. The molecule has 5 aromatic rings. The molecule has 0 fully saturated rings. The molecule has 0 saturated heterocycles. The van der Waals surface area contributed by atoms with Gasteiger partial charge in [-0.05, 0) is 26.0 Å². The van der Waals surface area contributed by atoms with Crippen molar-refractivity contribution in [2.24, 2.45) is 0 Å². The number of aromatic nitrogens is 8. The fraction of sp³-hybridized carbons (Fsp3) is 0.190. The van der Waals surface area contributed by atoms with Crippen molar-refractivity contribution in [3.8, 4) is 22.8 Å². The highest BCUT2D eigenvalue weighted by Gasteiger charge is 2.23. The predicted molar refractivity (Wildman–Crippen MR) is 118 cm³/mol. The molecule has 12 heteroatoms. The second kappa shape index (κ2) is 8.15. The van der Waals surface area contributed by atoms with Gasteiger partial charge in [0.05, 0.1) is 18.9 Å². The second-order valence-corrected chi connectivity index (χ2v) is 7.54. The molecular formula is C21H20N10O2. The average molecular weight is 444 g/mol. The van der Waals surface area contributed by atoms with Crippen molar-refractivity contribution in [2.45, 2.75) is 26.4 Å². The maximum Gasteiger partial charge on any atom is 0.274 e. The Hall–Kier alpha value is -4.61. The van der Waals surface area contributed by atoms with Gasteiger partial charge in [-0.3, -0.25) is 9.48 Å². The van der Waals surface area contributed by atoms with Crippen molar-refractivity contribution in [3.05, 3.63) is 60.8 Å². The molecule has 166 valence electrons. The summed E-state index contributed by atoms with van der Waals surface area (Å²) in [6.07, 6.45) is 9.88. The van der Waals surface area contributed by atoms with Crippen molar-refractivity contribution < 1.29 is 9.21 Å². The molecule has 33 heavy (non-hydrogen) atoms. The van der Waals surface area contributed by atoms with E-state index in [1.165, 1.54) is 12.5 Å². The lowest BCUT2D eigenvalue weighted by Gasteiger charge is -2.15. The third kappa shape index (κ3) is 3.89. The first-order valence-corrected chi connectivity index (χ1v) is 10.2. The molecule has 12 nitrogen and oxygen atoms in total. The van der Waals surface area contributed by atoms with Crippen LogP contribution in [0.15, 0.2) is 53.8 Å². The van der Waals surface area contributed by atoms with Gasteiger partial charge in [0.1, 0.15) is 17.6 Å². The Morgan fingerprint density at radius 2 is 2.09 bits per heavy atom. The topological polar surface area (TPSA) is 155 Å². The van der Waals surface area contributed by atoms with Crippen LogP contribution in [0.5, 0.6) is 0 Å². The Morgan fingerprint density at radius 1 is 1.21 bits per heavy atom. The van der Waals surface area contributed by atoms with Crippen LogP contribution in [0.3, 0.4) is 0 Å². The Bertz CT molecular complexity index is 1420. The van der Waals surface area contributed by atoms with Crippen LogP contribution in [0, 0.1) is 6.92 Å². The number of pyridine rings is 1. The highest BCUT2D eigenvalue weighted by Crippen LogP contribution is 2.30. The standard InChI is InChI=1S/C21H20N10O2/c1-12(10-30-7-5-25-29-30)26-20(32)18-19(22)28-17(21-23-6-8-33-21)16(27-18)14-3-4-15-24-9-13(2)31(15)11-14/h3-9,11-12H,10H2,1-2H3,(H2,22,28)(H,26,32)/t12-/m1/s1. The monoisotopic (exact) mass is 444 g/mol. The van der Waals surface area contributed by atoms with E-state index in [2.05, 4.69) is 35.6 Å². The van der Waals surface area contributed by atoms with E-state index < -0.39 is 5.91 Å². The van der Waals surface area contributed by atoms with E-state index in [9.17, 15) is 4.79 Å². The number of carbonyl (C=O) groups is 1. The smallest absolute Gasteiger partial charge is 0.274 e. The van der Waals surface area contributed by atoms with Gasteiger partial charge in [0.2, 0.25) is 5.89 Å². The summed E-state index contributed by atoms with van der Waals surface area (Å²) < 4.78 is 9.00. The normalized spacial score (nSPS) is 12.2. The molecular weight excluding hydrogens is 424 g/mol. The zero-order valence-corrected chi connectivity index (χ0v) is 17.9. The minimum Gasteiger partial charge on any atom is -0.443 e. The Morgan fingerprint density at radius 3 is 2.85 bits per heavy atom. The van der Waals surface area contributed by atoms with Crippen molar-refractivity contribution >= 4 is 17.4 Å². The van der Waals surface area contributed by atoms with Crippen LogP contribution in [0.4, 0.5) is 5.82 Å². The van der Waals surface area contributed by atoms with Gasteiger partial charge in [-0.2, -0.15) is 0 Å². The van der Waals surface area contributed by atoms with Gasteiger partial charge < -0.3 is 19.9 Å². The molecule has 1 atom stereocenters. The van der Waals surface area contributed by atoms with Gasteiger partial charge in [-0.15, -0.1) is 5.10 Å². The first-order valence-electron chi connectivity index (χ1n) is 10.2. The minimum atomic E-state index is -0.451. The Kier molecular flexibility index (Phi) is 5.01. The van der Waals surface area contributed by atoms with Gasteiger partial charge in [0.15, 0.2) is 17.2 Å².